The molecular formula is C21H34F5NO5S. The third-order valence-corrected chi connectivity index (χ3v) is 5.06. The van der Waals surface area contributed by atoms with Crippen molar-refractivity contribution in [2.24, 2.45) is 17.8 Å². The van der Waals surface area contributed by atoms with Crippen molar-refractivity contribution in [1.82, 2.24) is 4.90 Å². The number of nitrogens with zero attached hydrogens (tertiary/aromatic N) is 1. The van der Waals surface area contributed by atoms with Gasteiger partial charge in [-0.1, -0.05) is 13.8 Å². The summed E-state index contributed by atoms with van der Waals surface area (Å²) >= 11 is 0. The van der Waals surface area contributed by atoms with Crippen LogP contribution in [0.2, 0.25) is 0 Å². The molecule has 2 amide bonds. The average Bonchev–Trinajstić information content (AvgIpc) is 2.95. The van der Waals surface area contributed by atoms with Crippen LogP contribution in [0, 0.1) is 17.8 Å². The number of ether oxygens (including phenoxy) is 2. The number of rotatable bonds is 9. The Morgan fingerprint density at radius 2 is 1.55 bits per heavy atom. The SMILES string of the molecule is CC(C)[C@H]1COC(=O)N1C(=O)[C@H](CCC(F)(F)F)[C@H](CCC(C)(F)F)C(=O)OC(C)(C)C.S. The van der Waals surface area contributed by atoms with Crippen LogP contribution in [0.4, 0.5) is 26.7 Å². The summed E-state index contributed by atoms with van der Waals surface area (Å²) in [5, 5.41) is 0. The van der Waals surface area contributed by atoms with Gasteiger partial charge in [0.2, 0.25) is 11.8 Å². The van der Waals surface area contributed by atoms with E-state index in [1.54, 1.807) is 13.8 Å². The summed E-state index contributed by atoms with van der Waals surface area (Å²) in [6.45, 7) is 8.39. The summed E-state index contributed by atoms with van der Waals surface area (Å²) < 4.78 is 76.2. The summed E-state index contributed by atoms with van der Waals surface area (Å²) in [6.07, 6.45) is -9.40. The quantitative estimate of drug-likeness (QED) is 0.306. The predicted molar refractivity (Wildman–Crippen MR) is 115 cm³/mol. The first kappa shape index (κ1) is 31.4. The van der Waals surface area contributed by atoms with Crippen LogP contribution in [-0.4, -0.2) is 53.2 Å². The molecule has 1 rings (SSSR count). The van der Waals surface area contributed by atoms with Crippen LogP contribution < -0.4 is 0 Å². The van der Waals surface area contributed by atoms with Crippen LogP contribution in [0.3, 0.4) is 0 Å². The van der Waals surface area contributed by atoms with E-state index in [0.717, 1.165) is 0 Å². The number of cyclic esters (lactones) is 1. The molecule has 0 unspecified atom stereocenters. The molecule has 0 N–H and O–H groups in total. The highest BCUT2D eigenvalue weighted by molar-refractivity contribution is 7.59. The van der Waals surface area contributed by atoms with Gasteiger partial charge in [-0.05, 0) is 46.5 Å². The Morgan fingerprint density at radius 3 is 1.97 bits per heavy atom. The zero-order valence-corrected chi connectivity index (χ0v) is 20.7. The molecule has 1 saturated heterocycles. The van der Waals surface area contributed by atoms with Gasteiger partial charge >= 0.3 is 18.2 Å². The molecule has 6 nitrogen and oxygen atoms in total. The highest BCUT2D eigenvalue weighted by Gasteiger charge is 2.47. The standard InChI is InChI=1S/C21H32F5NO5.H2S/c1-12(2)15-11-31-18(30)27(15)16(28)13(8-10-21(24,25)26)14(7-9-20(6,22)23)17(29)32-19(3,4)5;/h12-15H,7-11H2,1-6H3;1H2/t13-,14+,15-;/m1./s1. The number of halogens is 5. The third-order valence-electron chi connectivity index (χ3n) is 5.06. The smallest absolute Gasteiger partial charge is 0.416 e. The van der Waals surface area contributed by atoms with Gasteiger partial charge in [-0.2, -0.15) is 26.7 Å². The fraction of sp³-hybridized carbons (Fsp3) is 0.857. The van der Waals surface area contributed by atoms with Gasteiger partial charge < -0.3 is 9.47 Å². The minimum Gasteiger partial charge on any atom is -0.460 e. The molecule has 194 valence electrons. The Balaban J connectivity index is 0.0000102. The zero-order chi connectivity index (χ0) is 25.1. The maximum Gasteiger partial charge on any atom is 0.416 e. The molecule has 0 saturated carbocycles. The molecule has 0 aliphatic carbocycles. The van der Waals surface area contributed by atoms with Gasteiger partial charge in [0.05, 0.1) is 17.9 Å². The van der Waals surface area contributed by atoms with E-state index in [9.17, 15) is 36.3 Å². The average molecular weight is 508 g/mol. The summed E-state index contributed by atoms with van der Waals surface area (Å²) in [5.41, 5.74) is -1.06. The van der Waals surface area contributed by atoms with Crippen molar-refractivity contribution in [3.8, 4) is 0 Å². The predicted octanol–water partition coefficient (Wildman–Crippen LogP) is 5.45. The maximum atomic E-state index is 13.6. The van der Waals surface area contributed by atoms with E-state index in [4.69, 9.17) is 9.47 Å². The molecule has 0 bridgehead atoms. The molecule has 3 atom stereocenters. The van der Waals surface area contributed by atoms with E-state index in [1.807, 2.05) is 0 Å². The van der Waals surface area contributed by atoms with Gasteiger partial charge in [-0.3, -0.25) is 9.59 Å². The summed E-state index contributed by atoms with van der Waals surface area (Å²) in [6, 6.07) is -0.740. The van der Waals surface area contributed by atoms with E-state index in [1.165, 1.54) is 20.8 Å². The summed E-state index contributed by atoms with van der Waals surface area (Å²) in [5.74, 6) is -8.86. The Hall–Kier alpha value is -1.59. The molecular weight excluding hydrogens is 473 g/mol. The van der Waals surface area contributed by atoms with E-state index in [2.05, 4.69) is 0 Å². The fourth-order valence-corrected chi connectivity index (χ4v) is 3.44. The second kappa shape index (κ2) is 11.7. The normalized spacial score (nSPS) is 19.1. The number of imide groups is 1. The van der Waals surface area contributed by atoms with E-state index < -0.39 is 79.2 Å². The van der Waals surface area contributed by atoms with Gasteiger partial charge in [0, 0.05) is 12.8 Å². The molecule has 0 aromatic carbocycles. The van der Waals surface area contributed by atoms with Crippen LogP contribution >= 0.6 is 13.5 Å². The monoisotopic (exact) mass is 507 g/mol. The molecule has 0 aromatic rings. The lowest BCUT2D eigenvalue weighted by molar-refractivity contribution is -0.169. The van der Waals surface area contributed by atoms with Crippen molar-refractivity contribution >= 4 is 31.5 Å². The van der Waals surface area contributed by atoms with Crippen molar-refractivity contribution < 1.29 is 45.8 Å². The number of hydrogen-bond donors (Lipinski definition) is 0. The highest BCUT2D eigenvalue weighted by atomic mass is 32.1. The van der Waals surface area contributed by atoms with Crippen LogP contribution in [0.1, 0.15) is 67.2 Å². The number of carbonyl (C=O) groups excluding carboxylic acids is 3. The Bertz CT molecular complexity index is 688. The first-order chi connectivity index (χ1) is 14.3. The third kappa shape index (κ3) is 10.5. The van der Waals surface area contributed by atoms with Crippen molar-refractivity contribution in [3.05, 3.63) is 0 Å². The maximum absolute atomic E-state index is 13.6. The van der Waals surface area contributed by atoms with Gasteiger partial charge in [0.1, 0.15) is 12.2 Å². The van der Waals surface area contributed by atoms with Gasteiger partial charge in [0.15, 0.2) is 0 Å². The lowest BCUT2D eigenvalue weighted by atomic mass is 9.82. The highest BCUT2D eigenvalue weighted by Crippen LogP contribution is 2.36. The Morgan fingerprint density at radius 1 is 1.03 bits per heavy atom. The first-order valence-corrected chi connectivity index (χ1v) is 10.5. The molecule has 33 heavy (non-hydrogen) atoms. The van der Waals surface area contributed by atoms with Crippen molar-refractivity contribution in [1.29, 1.82) is 0 Å². The number of carbonyl (C=O) groups is 3. The summed E-state index contributed by atoms with van der Waals surface area (Å²) in [4.78, 5) is 39.0. The first-order valence-electron chi connectivity index (χ1n) is 10.5. The van der Waals surface area contributed by atoms with Crippen LogP contribution in [0.5, 0.6) is 0 Å². The summed E-state index contributed by atoms with van der Waals surface area (Å²) in [7, 11) is 0. The number of alkyl halides is 5. The van der Waals surface area contributed by atoms with Crippen LogP contribution in [0.15, 0.2) is 0 Å². The second-order valence-electron chi connectivity index (χ2n) is 9.61. The van der Waals surface area contributed by atoms with Gasteiger partial charge in [-0.25, -0.2) is 18.5 Å². The van der Waals surface area contributed by atoms with Crippen molar-refractivity contribution in [2.75, 3.05) is 6.61 Å². The zero-order valence-electron chi connectivity index (χ0n) is 19.7. The van der Waals surface area contributed by atoms with Crippen LogP contribution in [-0.2, 0) is 19.1 Å². The molecule has 1 fully saturated rings. The van der Waals surface area contributed by atoms with Crippen molar-refractivity contribution in [2.45, 2.75) is 91.0 Å². The van der Waals surface area contributed by atoms with Crippen molar-refractivity contribution in [3.63, 3.8) is 0 Å². The molecule has 0 spiro atoms. The minimum atomic E-state index is -4.66. The second-order valence-corrected chi connectivity index (χ2v) is 9.61. The minimum absolute atomic E-state index is 0. The fourth-order valence-electron chi connectivity index (χ4n) is 3.44. The lowest BCUT2D eigenvalue weighted by Crippen LogP contribution is -2.48. The topological polar surface area (TPSA) is 72.9 Å². The number of amides is 2. The van der Waals surface area contributed by atoms with E-state index in [0.29, 0.717) is 11.8 Å². The molecule has 0 aromatic heterocycles. The molecule has 1 heterocycles. The number of hydrogen-bond acceptors (Lipinski definition) is 5. The number of esters is 1. The van der Waals surface area contributed by atoms with E-state index >= 15 is 0 Å². The van der Waals surface area contributed by atoms with Gasteiger partial charge in [-0.15, -0.1) is 0 Å². The lowest BCUT2D eigenvalue weighted by Gasteiger charge is -2.32. The largest absolute Gasteiger partial charge is 0.460 e. The Labute approximate surface area is 198 Å². The van der Waals surface area contributed by atoms with Gasteiger partial charge in [0.25, 0.3) is 0 Å². The van der Waals surface area contributed by atoms with E-state index in [-0.39, 0.29) is 26.0 Å². The molecule has 12 heteroatoms. The van der Waals surface area contributed by atoms with Crippen LogP contribution in [0.25, 0.3) is 0 Å². The Kier molecular flexibility index (Phi) is 11.1. The molecule has 0 radical (unpaired) electrons. The molecule has 1 aliphatic rings. The molecule has 1 aliphatic heterocycles.